The lowest BCUT2D eigenvalue weighted by molar-refractivity contribution is -0.00465. The van der Waals surface area contributed by atoms with Gasteiger partial charge in [-0.3, -0.25) is 5.10 Å². The van der Waals surface area contributed by atoms with Crippen LogP contribution in [0.3, 0.4) is 0 Å². The Balaban J connectivity index is 1.63. The normalized spacial score (nSPS) is 18.1. The van der Waals surface area contributed by atoms with E-state index in [-0.39, 0.29) is 30.2 Å². The summed E-state index contributed by atoms with van der Waals surface area (Å²) in [6.45, 7) is 2.07. The van der Waals surface area contributed by atoms with Crippen LogP contribution in [0.25, 0.3) is 11.1 Å². The van der Waals surface area contributed by atoms with Gasteiger partial charge in [0.25, 0.3) is 0 Å². The number of H-pyrrole nitrogens is 1. The molecule has 3 N–H and O–H groups in total. The fourth-order valence-corrected chi connectivity index (χ4v) is 4.84. The van der Waals surface area contributed by atoms with Crippen molar-refractivity contribution in [2.75, 3.05) is 25.4 Å². The van der Waals surface area contributed by atoms with E-state index in [1.54, 1.807) is 24.5 Å². The van der Waals surface area contributed by atoms with Crippen molar-refractivity contribution in [2.45, 2.75) is 17.9 Å². The third-order valence-corrected chi connectivity index (χ3v) is 6.74. The number of benzene rings is 1. The fraction of sp³-hybridized carbons (Fsp3) is 0.263. The number of ether oxygens (including phenoxy) is 1. The summed E-state index contributed by atoms with van der Waals surface area (Å²) in [5, 5.41) is 7.01. The lowest BCUT2D eigenvalue weighted by Crippen LogP contribution is -2.42. The van der Waals surface area contributed by atoms with Crippen molar-refractivity contribution in [3.63, 3.8) is 0 Å². The number of aryl methyl sites for hydroxylation is 1. The SMILES string of the molecule is Cc1cc(S(=O)(=O)N2CCO[C@@H](c3[nH]ncc3-c3ccnc(N)c3)C2)ccc1F. The first-order valence-electron chi connectivity index (χ1n) is 8.99. The highest BCUT2D eigenvalue weighted by atomic mass is 32.2. The predicted molar refractivity (Wildman–Crippen MR) is 105 cm³/mol. The minimum absolute atomic E-state index is 0.0591. The van der Waals surface area contributed by atoms with Gasteiger partial charge in [-0.05, 0) is 48.4 Å². The fourth-order valence-electron chi connectivity index (χ4n) is 3.33. The Morgan fingerprint density at radius 1 is 1.31 bits per heavy atom. The van der Waals surface area contributed by atoms with Gasteiger partial charge in [0.15, 0.2) is 0 Å². The monoisotopic (exact) mass is 417 g/mol. The molecule has 0 spiro atoms. The predicted octanol–water partition coefficient (Wildman–Crippen LogP) is 2.26. The van der Waals surface area contributed by atoms with E-state index in [9.17, 15) is 12.8 Å². The highest BCUT2D eigenvalue weighted by Crippen LogP contribution is 2.32. The average Bonchev–Trinajstić information content (AvgIpc) is 3.20. The van der Waals surface area contributed by atoms with Crippen molar-refractivity contribution >= 4 is 15.8 Å². The first kappa shape index (κ1) is 19.5. The molecule has 1 aromatic carbocycles. The number of nitrogens with one attached hydrogen (secondary N) is 1. The van der Waals surface area contributed by atoms with Gasteiger partial charge >= 0.3 is 0 Å². The van der Waals surface area contributed by atoms with Crippen LogP contribution in [0.2, 0.25) is 0 Å². The Morgan fingerprint density at radius 3 is 2.90 bits per heavy atom. The number of anilines is 1. The zero-order valence-corrected chi connectivity index (χ0v) is 16.5. The number of hydrogen-bond donors (Lipinski definition) is 2. The topological polar surface area (TPSA) is 114 Å². The number of nitrogens with two attached hydrogens (primary N) is 1. The zero-order chi connectivity index (χ0) is 20.6. The van der Waals surface area contributed by atoms with Gasteiger partial charge in [0.2, 0.25) is 10.0 Å². The summed E-state index contributed by atoms with van der Waals surface area (Å²) in [6, 6.07) is 7.30. The molecule has 29 heavy (non-hydrogen) atoms. The quantitative estimate of drug-likeness (QED) is 0.673. The molecule has 152 valence electrons. The number of nitrogens with zero attached hydrogens (tertiary/aromatic N) is 3. The van der Waals surface area contributed by atoms with Crippen LogP contribution in [0.1, 0.15) is 17.4 Å². The minimum Gasteiger partial charge on any atom is -0.384 e. The van der Waals surface area contributed by atoms with E-state index in [0.29, 0.717) is 11.5 Å². The van der Waals surface area contributed by atoms with E-state index >= 15 is 0 Å². The Morgan fingerprint density at radius 2 is 2.14 bits per heavy atom. The number of pyridine rings is 1. The average molecular weight is 417 g/mol. The number of halogens is 1. The number of nitrogen functional groups attached to an aromatic ring is 1. The van der Waals surface area contributed by atoms with Gasteiger partial charge in [0.1, 0.15) is 17.7 Å². The molecule has 0 unspecified atom stereocenters. The maximum absolute atomic E-state index is 13.6. The summed E-state index contributed by atoms with van der Waals surface area (Å²) in [5.41, 5.74) is 8.28. The second kappa shape index (κ2) is 7.54. The van der Waals surface area contributed by atoms with Gasteiger partial charge in [0, 0.05) is 24.8 Å². The Hall–Kier alpha value is -2.82. The van der Waals surface area contributed by atoms with Crippen molar-refractivity contribution in [1.82, 2.24) is 19.5 Å². The van der Waals surface area contributed by atoms with E-state index in [0.717, 1.165) is 11.1 Å². The molecule has 2 aromatic heterocycles. The molecule has 0 radical (unpaired) electrons. The molecule has 4 rings (SSSR count). The third kappa shape index (κ3) is 3.74. The smallest absolute Gasteiger partial charge is 0.243 e. The Bertz CT molecular complexity index is 1150. The van der Waals surface area contributed by atoms with Gasteiger partial charge in [-0.25, -0.2) is 17.8 Å². The molecule has 0 amide bonds. The first-order valence-corrected chi connectivity index (χ1v) is 10.4. The third-order valence-electron chi connectivity index (χ3n) is 4.88. The van der Waals surface area contributed by atoms with Gasteiger partial charge in [0.05, 0.1) is 23.4 Å². The van der Waals surface area contributed by atoms with Crippen LogP contribution >= 0.6 is 0 Å². The number of rotatable bonds is 4. The van der Waals surface area contributed by atoms with Crippen molar-refractivity contribution in [3.05, 3.63) is 59.8 Å². The standard InChI is InChI=1S/C19H20FN5O3S/c1-12-8-14(2-3-16(12)20)29(26,27)25-6-7-28-17(11-25)19-15(10-23-24-19)13-4-5-22-18(21)9-13/h2-5,8-10,17H,6-7,11H2,1H3,(H2,21,22)(H,23,24)/t17-/m1/s1. The number of sulfonamides is 1. The van der Waals surface area contributed by atoms with Crippen LogP contribution in [0.5, 0.6) is 0 Å². The van der Waals surface area contributed by atoms with E-state index in [2.05, 4.69) is 15.2 Å². The maximum Gasteiger partial charge on any atom is 0.243 e. The van der Waals surface area contributed by atoms with Gasteiger partial charge in [-0.1, -0.05) is 0 Å². The maximum atomic E-state index is 13.6. The Kier molecular flexibility index (Phi) is 5.07. The van der Waals surface area contributed by atoms with Crippen molar-refractivity contribution in [3.8, 4) is 11.1 Å². The second-order valence-electron chi connectivity index (χ2n) is 6.80. The van der Waals surface area contributed by atoms with Crippen LogP contribution in [0, 0.1) is 12.7 Å². The number of hydrogen-bond acceptors (Lipinski definition) is 6. The molecule has 3 aromatic rings. The van der Waals surface area contributed by atoms with Crippen LogP contribution < -0.4 is 5.73 Å². The second-order valence-corrected chi connectivity index (χ2v) is 8.74. The summed E-state index contributed by atoms with van der Waals surface area (Å²) in [5.74, 6) is -0.0716. The Labute approximate surface area is 167 Å². The number of aromatic amines is 1. The summed E-state index contributed by atoms with van der Waals surface area (Å²) < 4.78 is 46.9. The van der Waals surface area contributed by atoms with Crippen LogP contribution in [-0.4, -0.2) is 47.6 Å². The molecule has 8 nitrogen and oxygen atoms in total. The number of morpholine rings is 1. The molecular formula is C19H20FN5O3S. The molecule has 0 aliphatic carbocycles. The van der Waals surface area contributed by atoms with Gasteiger partial charge < -0.3 is 10.5 Å². The minimum atomic E-state index is -3.79. The first-order chi connectivity index (χ1) is 13.9. The lowest BCUT2D eigenvalue weighted by atomic mass is 10.0. The molecule has 1 saturated heterocycles. The van der Waals surface area contributed by atoms with Crippen LogP contribution in [-0.2, 0) is 14.8 Å². The molecule has 0 saturated carbocycles. The van der Waals surface area contributed by atoms with E-state index in [1.807, 2.05) is 0 Å². The molecule has 1 aliphatic rings. The molecule has 10 heteroatoms. The molecular weight excluding hydrogens is 397 g/mol. The molecule has 0 bridgehead atoms. The molecule has 1 fully saturated rings. The zero-order valence-electron chi connectivity index (χ0n) is 15.7. The van der Waals surface area contributed by atoms with Crippen LogP contribution in [0.4, 0.5) is 10.2 Å². The highest BCUT2D eigenvalue weighted by Gasteiger charge is 2.33. The van der Waals surface area contributed by atoms with Crippen molar-refractivity contribution in [1.29, 1.82) is 0 Å². The highest BCUT2D eigenvalue weighted by molar-refractivity contribution is 7.89. The summed E-state index contributed by atoms with van der Waals surface area (Å²) in [6.07, 6.45) is 2.70. The van der Waals surface area contributed by atoms with Gasteiger partial charge in [-0.15, -0.1) is 0 Å². The summed E-state index contributed by atoms with van der Waals surface area (Å²) in [7, 11) is -3.79. The molecule has 1 aliphatic heterocycles. The lowest BCUT2D eigenvalue weighted by Gasteiger charge is -2.32. The molecule has 1 atom stereocenters. The number of aromatic nitrogens is 3. The molecule has 3 heterocycles. The summed E-state index contributed by atoms with van der Waals surface area (Å²) >= 11 is 0. The van der Waals surface area contributed by atoms with Crippen molar-refractivity contribution in [2.24, 2.45) is 0 Å². The van der Waals surface area contributed by atoms with E-state index < -0.39 is 21.9 Å². The van der Waals surface area contributed by atoms with E-state index in [4.69, 9.17) is 10.5 Å². The van der Waals surface area contributed by atoms with Crippen LogP contribution in [0.15, 0.2) is 47.6 Å². The van der Waals surface area contributed by atoms with E-state index in [1.165, 1.54) is 29.4 Å². The van der Waals surface area contributed by atoms with Gasteiger partial charge in [-0.2, -0.15) is 9.40 Å². The largest absolute Gasteiger partial charge is 0.384 e. The van der Waals surface area contributed by atoms with Crippen molar-refractivity contribution < 1.29 is 17.5 Å². The summed E-state index contributed by atoms with van der Waals surface area (Å²) in [4.78, 5) is 4.04.